The number of aromatic nitrogens is 2. The third-order valence-electron chi connectivity index (χ3n) is 3.58. The van der Waals surface area contributed by atoms with Crippen molar-refractivity contribution in [1.29, 1.82) is 0 Å². The Hall–Kier alpha value is -3.71. The monoisotopic (exact) mass is 505 g/mol. The zero-order chi connectivity index (χ0) is 22.3. The summed E-state index contributed by atoms with van der Waals surface area (Å²) in [5.74, 6) is 0.00309. The largest absolute Gasteiger partial charge is 0.435 e. The van der Waals surface area contributed by atoms with Gasteiger partial charge in [0.1, 0.15) is 0 Å². The molecule has 31 heavy (non-hydrogen) atoms. The average Bonchev–Trinajstić information content (AvgIpc) is 2.77. The number of nitro benzene ring substituents is 1. The maximum absolute atomic E-state index is 12.5. The van der Waals surface area contributed by atoms with Gasteiger partial charge in [-0.3, -0.25) is 10.1 Å². The van der Waals surface area contributed by atoms with Crippen LogP contribution in [0.1, 0.15) is 0 Å². The number of aliphatic imine (C=N–C) groups is 1. The average molecular weight is 506 g/mol. The lowest BCUT2D eigenvalue weighted by Gasteiger charge is -2.03. The Bertz CT molecular complexity index is 1230. The Labute approximate surface area is 184 Å². The summed E-state index contributed by atoms with van der Waals surface area (Å²) in [6.45, 7) is 0. The van der Waals surface area contributed by atoms with Crippen LogP contribution in [0.2, 0.25) is 0 Å². The van der Waals surface area contributed by atoms with Crippen molar-refractivity contribution in [2.75, 3.05) is 0 Å². The van der Waals surface area contributed by atoms with E-state index in [9.17, 15) is 18.5 Å². The highest BCUT2D eigenvalue weighted by molar-refractivity contribution is 9.10. The summed E-state index contributed by atoms with van der Waals surface area (Å²) in [5.41, 5.74) is 0.177. The first kappa shape index (κ1) is 22.0. The lowest BCUT2D eigenvalue weighted by Crippen LogP contribution is -2.06. The molecule has 1 aromatic heterocycles. The van der Waals surface area contributed by atoms with Gasteiger partial charge in [-0.25, -0.2) is 23.4 Å². The van der Waals surface area contributed by atoms with E-state index in [0.717, 1.165) is 12.8 Å². The van der Waals surface area contributed by atoms with E-state index in [0.29, 0.717) is 10.2 Å². The quantitative estimate of drug-likeness (QED) is 0.148. The lowest BCUT2D eigenvalue weighted by atomic mass is 10.3. The number of hydrogen-bond donors (Lipinski definition) is 0. The number of nitrogens with zero attached hydrogens (tertiary/aromatic N) is 5. The highest BCUT2D eigenvalue weighted by atomic mass is 79.9. The molecule has 0 amide bonds. The van der Waals surface area contributed by atoms with Crippen molar-refractivity contribution in [2.24, 2.45) is 10.1 Å². The fraction of sp³-hybridized carbons (Fsp3) is 0. The van der Waals surface area contributed by atoms with Crippen LogP contribution in [-0.4, -0.2) is 36.1 Å². The number of benzene rings is 2. The minimum Gasteiger partial charge on any atom is -0.435 e. The maximum Gasteiger partial charge on any atom is 0.311 e. The number of sulfone groups is 1. The number of halogens is 1. The van der Waals surface area contributed by atoms with E-state index < -0.39 is 14.8 Å². The normalized spacial score (nSPS) is 11.6. The van der Waals surface area contributed by atoms with Crippen molar-refractivity contribution in [3.8, 4) is 5.75 Å². The van der Waals surface area contributed by atoms with Crippen LogP contribution in [0.3, 0.4) is 0 Å². The summed E-state index contributed by atoms with van der Waals surface area (Å²) in [6, 6.07) is 11.4. The molecule has 0 N–H and O–H groups in total. The van der Waals surface area contributed by atoms with Gasteiger partial charge >= 0.3 is 5.69 Å². The van der Waals surface area contributed by atoms with Gasteiger partial charge in [0.05, 0.1) is 20.0 Å². The molecule has 13 heteroatoms. The van der Waals surface area contributed by atoms with Crippen LogP contribution < -0.4 is 4.74 Å². The third kappa shape index (κ3) is 5.67. The molecule has 0 saturated heterocycles. The van der Waals surface area contributed by atoms with Crippen LogP contribution in [0.25, 0.3) is 0 Å². The first-order valence-electron chi connectivity index (χ1n) is 8.31. The predicted molar refractivity (Wildman–Crippen MR) is 113 cm³/mol. The van der Waals surface area contributed by atoms with Gasteiger partial charge in [-0.2, -0.15) is 0 Å². The first-order chi connectivity index (χ1) is 14.9. The lowest BCUT2D eigenvalue weighted by molar-refractivity contribution is -0.385. The Kier molecular flexibility index (Phi) is 6.99. The molecule has 0 saturated carbocycles. The molecule has 0 aliphatic heterocycles. The SMILES string of the molecule is O=[N+]([O-])c1ccccc1OC=NOC=Nc1ccc(S(=O)(=O)c2ncc(Br)cn2)cc1. The Morgan fingerprint density at radius 1 is 1.03 bits per heavy atom. The molecule has 2 aromatic carbocycles. The van der Waals surface area contributed by atoms with E-state index in [2.05, 4.69) is 36.0 Å². The molecule has 0 bridgehead atoms. The molecule has 0 atom stereocenters. The van der Waals surface area contributed by atoms with Crippen molar-refractivity contribution < 1.29 is 22.9 Å². The van der Waals surface area contributed by atoms with E-state index in [1.807, 2.05) is 0 Å². The number of oxime groups is 1. The van der Waals surface area contributed by atoms with Crippen LogP contribution in [-0.2, 0) is 14.7 Å². The molecule has 0 aliphatic rings. The minimum absolute atomic E-state index is 0.00309. The summed E-state index contributed by atoms with van der Waals surface area (Å²) in [7, 11) is -3.86. The second kappa shape index (κ2) is 9.86. The Morgan fingerprint density at radius 3 is 2.39 bits per heavy atom. The molecule has 0 radical (unpaired) electrons. The van der Waals surface area contributed by atoms with Gasteiger partial charge in [-0.1, -0.05) is 12.1 Å². The van der Waals surface area contributed by atoms with Gasteiger partial charge in [-0.05, 0) is 51.4 Å². The molecular formula is C18H12BrN5O6S. The van der Waals surface area contributed by atoms with Crippen LogP contribution in [0.4, 0.5) is 11.4 Å². The van der Waals surface area contributed by atoms with Crippen LogP contribution >= 0.6 is 15.9 Å². The second-order valence-electron chi connectivity index (χ2n) is 5.57. The fourth-order valence-corrected chi connectivity index (χ4v) is 3.47. The third-order valence-corrected chi connectivity index (χ3v) is 5.57. The van der Waals surface area contributed by atoms with Crippen LogP contribution in [0.5, 0.6) is 5.75 Å². The van der Waals surface area contributed by atoms with Gasteiger partial charge in [0.2, 0.25) is 28.4 Å². The van der Waals surface area contributed by atoms with Gasteiger partial charge in [0.15, 0.2) is 0 Å². The molecule has 3 rings (SSSR count). The van der Waals surface area contributed by atoms with Crippen molar-refractivity contribution in [2.45, 2.75) is 10.1 Å². The summed E-state index contributed by atoms with van der Waals surface area (Å²) in [6.07, 6.45) is 4.55. The van der Waals surface area contributed by atoms with E-state index in [-0.39, 0.29) is 21.5 Å². The van der Waals surface area contributed by atoms with Gasteiger partial charge in [0.25, 0.3) is 5.16 Å². The van der Waals surface area contributed by atoms with Gasteiger partial charge in [-0.15, -0.1) is 0 Å². The number of para-hydroxylation sites is 2. The summed E-state index contributed by atoms with van der Waals surface area (Å²) in [5, 5.41) is 14.0. The number of rotatable bonds is 8. The second-order valence-corrected chi connectivity index (χ2v) is 8.33. The van der Waals surface area contributed by atoms with Crippen molar-refractivity contribution in [3.63, 3.8) is 0 Å². The standard InChI is InChI=1S/C18H12BrN5O6S/c19-13-9-20-18(21-10-13)31(27,28)15-7-5-14(6-8-15)22-11-30-23-12-29-17-4-2-1-3-16(17)24(25)26/h1-12H. The molecule has 3 aromatic rings. The van der Waals surface area contributed by atoms with Crippen molar-refractivity contribution >= 4 is 49.9 Å². The molecule has 1 heterocycles. The Balaban J connectivity index is 1.58. The molecule has 0 fully saturated rings. The van der Waals surface area contributed by atoms with Gasteiger partial charge < -0.3 is 9.57 Å². The maximum atomic E-state index is 12.5. The van der Waals surface area contributed by atoms with Crippen molar-refractivity contribution in [3.05, 3.63) is 75.5 Å². The zero-order valence-electron chi connectivity index (χ0n) is 15.4. The van der Waals surface area contributed by atoms with E-state index >= 15 is 0 Å². The molecule has 0 unspecified atom stereocenters. The number of nitro groups is 1. The minimum atomic E-state index is -3.86. The number of ether oxygens (including phenoxy) is 1. The van der Waals surface area contributed by atoms with Gasteiger partial charge in [0, 0.05) is 18.5 Å². The van der Waals surface area contributed by atoms with E-state index in [4.69, 9.17) is 9.57 Å². The van der Waals surface area contributed by atoms with Crippen LogP contribution in [0, 0.1) is 10.1 Å². The van der Waals surface area contributed by atoms with Crippen molar-refractivity contribution in [1.82, 2.24) is 9.97 Å². The Morgan fingerprint density at radius 2 is 1.71 bits per heavy atom. The predicted octanol–water partition coefficient (Wildman–Crippen LogP) is 3.68. The highest BCUT2D eigenvalue weighted by Gasteiger charge is 2.20. The molecule has 0 aliphatic carbocycles. The fourth-order valence-electron chi connectivity index (χ4n) is 2.18. The topological polar surface area (TPSA) is 146 Å². The van der Waals surface area contributed by atoms with E-state index in [1.54, 1.807) is 6.07 Å². The first-order valence-corrected chi connectivity index (χ1v) is 10.6. The number of hydrogen-bond acceptors (Lipinski definition) is 10. The smallest absolute Gasteiger partial charge is 0.311 e. The summed E-state index contributed by atoms with van der Waals surface area (Å²) >= 11 is 3.15. The molecule has 11 nitrogen and oxygen atoms in total. The molecule has 158 valence electrons. The van der Waals surface area contributed by atoms with Crippen LogP contribution in [0.15, 0.2) is 85.6 Å². The summed E-state index contributed by atoms with van der Waals surface area (Å²) < 4.78 is 30.6. The highest BCUT2D eigenvalue weighted by Crippen LogP contribution is 2.25. The van der Waals surface area contributed by atoms with E-state index in [1.165, 1.54) is 54.9 Å². The molecule has 0 spiro atoms. The molecular weight excluding hydrogens is 494 g/mol. The zero-order valence-corrected chi connectivity index (χ0v) is 17.8. The summed E-state index contributed by atoms with van der Waals surface area (Å²) in [4.78, 5) is 26.6.